The third kappa shape index (κ3) is 3.18. The zero-order chi connectivity index (χ0) is 13.0. The number of benzene rings is 1. The molecular formula is C14H20BrNO2. The molecule has 0 spiro atoms. The highest BCUT2D eigenvalue weighted by Crippen LogP contribution is 2.33. The van der Waals surface area contributed by atoms with E-state index >= 15 is 0 Å². The molecule has 0 amide bonds. The highest BCUT2D eigenvalue weighted by atomic mass is 79.9. The summed E-state index contributed by atoms with van der Waals surface area (Å²) >= 11 is 3.53. The van der Waals surface area contributed by atoms with Gasteiger partial charge in [-0.25, -0.2) is 0 Å². The van der Waals surface area contributed by atoms with Gasteiger partial charge < -0.3 is 14.8 Å². The van der Waals surface area contributed by atoms with Crippen LogP contribution in [-0.2, 0) is 6.42 Å². The molecule has 0 radical (unpaired) electrons. The standard InChI is InChI=1S/C14H20BrNO2/c1-17-13-9-14(18-2)12(15)8-10(13)7-11-5-3-4-6-16-11/h8-9,11,16H,3-7H2,1-2H3. The summed E-state index contributed by atoms with van der Waals surface area (Å²) in [5.41, 5.74) is 1.23. The lowest BCUT2D eigenvalue weighted by atomic mass is 9.97. The van der Waals surface area contributed by atoms with Crippen molar-refractivity contribution >= 4 is 15.9 Å². The lowest BCUT2D eigenvalue weighted by Crippen LogP contribution is -2.35. The number of hydrogen-bond acceptors (Lipinski definition) is 3. The molecule has 1 aromatic rings. The van der Waals surface area contributed by atoms with Gasteiger partial charge in [0.05, 0.1) is 18.7 Å². The minimum atomic E-state index is 0.563. The molecule has 100 valence electrons. The molecule has 18 heavy (non-hydrogen) atoms. The Hall–Kier alpha value is -0.740. The fourth-order valence-corrected chi connectivity index (χ4v) is 3.00. The van der Waals surface area contributed by atoms with E-state index < -0.39 is 0 Å². The molecule has 1 heterocycles. The van der Waals surface area contributed by atoms with Crippen molar-refractivity contribution in [1.82, 2.24) is 5.32 Å². The van der Waals surface area contributed by atoms with Crippen LogP contribution in [0.3, 0.4) is 0 Å². The number of nitrogens with one attached hydrogen (secondary N) is 1. The molecule has 3 nitrogen and oxygen atoms in total. The van der Waals surface area contributed by atoms with Crippen molar-refractivity contribution in [1.29, 1.82) is 0 Å². The van der Waals surface area contributed by atoms with Gasteiger partial charge in [0.1, 0.15) is 11.5 Å². The van der Waals surface area contributed by atoms with Crippen molar-refractivity contribution < 1.29 is 9.47 Å². The molecule has 1 fully saturated rings. The fourth-order valence-electron chi connectivity index (χ4n) is 2.45. The number of halogens is 1. The molecule has 0 saturated carbocycles. The van der Waals surface area contributed by atoms with Gasteiger partial charge in [0.25, 0.3) is 0 Å². The van der Waals surface area contributed by atoms with Gasteiger partial charge >= 0.3 is 0 Å². The molecule has 1 aliphatic heterocycles. The maximum absolute atomic E-state index is 5.46. The van der Waals surface area contributed by atoms with Crippen LogP contribution in [-0.4, -0.2) is 26.8 Å². The molecule has 1 N–H and O–H groups in total. The molecule has 1 atom stereocenters. The second-order valence-corrected chi connectivity index (χ2v) is 5.50. The van der Waals surface area contributed by atoms with Crippen LogP contribution in [0.2, 0.25) is 0 Å². The summed E-state index contributed by atoms with van der Waals surface area (Å²) in [6.07, 6.45) is 4.86. The quantitative estimate of drug-likeness (QED) is 0.926. The molecular weight excluding hydrogens is 294 g/mol. The molecule has 0 aromatic heterocycles. The maximum Gasteiger partial charge on any atom is 0.136 e. The average Bonchev–Trinajstić information content (AvgIpc) is 2.40. The summed E-state index contributed by atoms with van der Waals surface area (Å²) in [7, 11) is 3.38. The highest BCUT2D eigenvalue weighted by molar-refractivity contribution is 9.10. The van der Waals surface area contributed by atoms with Crippen LogP contribution < -0.4 is 14.8 Å². The predicted molar refractivity (Wildman–Crippen MR) is 76.6 cm³/mol. The van der Waals surface area contributed by atoms with E-state index in [0.29, 0.717) is 6.04 Å². The van der Waals surface area contributed by atoms with Crippen molar-refractivity contribution in [2.24, 2.45) is 0 Å². The monoisotopic (exact) mass is 313 g/mol. The van der Waals surface area contributed by atoms with Crippen molar-refractivity contribution in [3.63, 3.8) is 0 Å². The minimum absolute atomic E-state index is 0.563. The normalized spacial score (nSPS) is 19.6. The van der Waals surface area contributed by atoms with Gasteiger partial charge in [-0.1, -0.05) is 6.42 Å². The van der Waals surface area contributed by atoms with E-state index in [1.807, 2.05) is 6.07 Å². The first kappa shape index (κ1) is 13.7. The summed E-state index contributed by atoms with van der Waals surface area (Å²) in [5.74, 6) is 1.72. The number of methoxy groups -OCH3 is 2. The van der Waals surface area contributed by atoms with Crippen LogP contribution in [0.15, 0.2) is 16.6 Å². The molecule has 0 bridgehead atoms. The Kier molecular flexibility index (Phi) is 4.89. The Balaban J connectivity index is 2.17. The second kappa shape index (κ2) is 6.43. The summed E-state index contributed by atoms with van der Waals surface area (Å²) in [5, 5.41) is 3.56. The van der Waals surface area contributed by atoms with E-state index in [0.717, 1.165) is 28.9 Å². The predicted octanol–water partition coefficient (Wildman–Crippen LogP) is 3.15. The van der Waals surface area contributed by atoms with Crippen LogP contribution in [0, 0.1) is 0 Å². The van der Waals surface area contributed by atoms with Crippen LogP contribution in [0.1, 0.15) is 24.8 Å². The summed E-state index contributed by atoms with van der Waals surface area (Å²) in [6.45, 7) is 1.13. The number of rotatable bonds is 4. The molecule has 1 unspecified atom stereocenters. The third-order valence-corrected chi connectivity index (χ3v) is 4.05. The van der Waals surface area contributed by atoms with E-state index in [4.69, 9.17) is 9.47 Å². The van der Waals surface area contributed by atoms with E-state index in [1.165, 1.54) is 24.8 Å². The van der Waals surface area contributed by atoms with Crippen molar-refractivity contribution in [2.45, 2.75) is 31.7 Å². The van der Waals surface area contributed by atoms with Crippen LogP contribution in [0.5, 0.6) is 11.5 Å². The SMILES string of the molecule is COc1cc(OC)c(CC2CCCCN2)cc1Br. The molecule has 1 saturated heterocycles. The lowest BCUT2D eigenvalue weighted by molar-refractivity contribution is 0.374. The first-order valence-electron chi connectivity index (χ1n) is 6.38. The van der Waals surface area contributed by atoms with Crippen molar-refractivity contribution in [2.75, 3.05) is 20.8 Å². The van der Waals surface area contributed by atoms with E-state index in [-0.39, 0.29) is 0 Å². The third-order valence-electron chi connectivity index (χ3n) is 3.43. The highest BCUT2D eigenvalue weighted by Gasteiger charge is 2.17. The van der Waals surface area contributed by atoms with E-state index in [2.05, 4.69) is 27.3 Å². The van der Waals surface area contributed by atoms with Gasteiger partial charge in [-0.3, -0.25) is 0 Å². The number of hydrogen-bond donors (Lipinski definition) is 1. The largest absolute Gasteiger partial charge is 0.496 e. The van der Waals surface area contributed by atoms with Gasteiger partial charge in [-0.05, 0) is 53.4 Å². The summed E-state index contributed by atoms with van der Waals surface area (Å²) in [4.78, 5) is 0. The van der Waals surface area contributed by atoms with E-state index in [9.17, 15) is 0 Å². The topological polar surface area (TPSA) is 30.5 Å². The Labute approximate surface area is 117 Å². The van der Waals surface area contributed by atoms with Gasteiger partial charge in [0, 0.05) is 12.1 Å². The van der Waals surface area contributed by atoms with Gasteiger partial charge in [0.2, 0.25) is 0 Å². The second-order valence-electron chi connectivity index (χ2n) is 4.65. The van der Waals surface area contributed by atoms with Gasteiger partial charge in [-0.2, -0.15) is 0 Å². The molecule has 1 aromatic carbocycles. The van der Waals surface area contributed by atoms with Gasteiger partial charge in [-0.15, -0.1) is 0 Å². The molecule has 0 aliphatic carbocycles. The van der Waals surface area contributed by atoms with Crippen LogP contribution >= 0.6 is 15.9 Å². The summed E-state index contributed by atoms with van der Waals surface area (Å²) < 4.78 is 11.7. The van der Waals surface area contributed by atoms with Crippen LogP contribution in [0.25, 0.3) is 0 Å². The summed E-state index contributed by atoms with van der Waals surface area (Å²) in [6, 6.07) is 4.61. The fraction of sp³-hybridized carbons (Fsp3) is 0.571. The molecule has 1 aliphatic rings. The van der Waals surface area contributed by atoms with E-state index in [1.54, 1.807) is 14.2 Å². The zero-order valence-electron chi connectivity index (χ0n) is 11.0. The minimum Gasteiger partial charge on any atom is -0.496 e. The Bertz CT molecular complexity index is 403. The Morgan fingerprint density at radius 1 is 1.22 bits per heavy atom. The Morgan fingerprint density at radius 2 is 2.00 bits per heavy atom. The van der Waals surface area contributed by atoms with Gasteiger partial charge in [0.15, 0.2) is 0 Å². The first-order valence-corrected chi connectivity index (χ1v) is 7.17. The number of piperidine rings is 1. The average molecular weight is 314 g/mol. The Morgan fingerprint density at radius 3 is 2.61 bits per heavy atom. The number of ether oxygens (including phenoxy) is 2. The maximum atomic E-state index is 5.46. The smallest absolute Gasteiger partial charge is 0.136 e. The van der Waals surface area contributed by atoms with Crippen molar-refractivity contribution in [3.05, 3.63) is 22.2 Å². The van der Waals surface area contributed by atoms with Crippen molar-refractivity contribution in [3.8, 4) is 11.5 Å². The zero-order valence-corrected chi connectivity index (χ0v) is 12.5. The van der Waals surface area contributed by atoms with Crippen LogP contribution in [0.4, 0.5) is 0 Å². The molecule has 4 heteroatoms. The molecule has 2 rings (SSSR count). The lowest BCUT2D eigenvalue weighted by Gasteiger charge is -2.24. The first-order chi connectivity index (χ1) is 8.74.